The Labute approximate surface area is 174 Å². The largest absolute Gasteiger partial charge is 0.383 e. The molecule has 0 bridgehead atoms. The van der Waals surface area contributed by atoms with E-state index in [1.54, 1.807) is 32.4 Å². The summed E-state index contributed by atoms with van der Waals surface area (Å²) in [4.78, 5) is 4.41. The Bertz CT molecular complexity index is 687. The second-order valence-electron chi connectivity index (χ2n) is 6.89. The third kappa shape index (κ3) is 8.65. The second kappa shape index (κ2) is 11.1. The second-order valence-corrected chi connectivity index (χ2v) is 8.54. The van der Waals surface area contributed by atoms with Crippen LogP contribution in [0, 0.1) is 0 Å². The number of rotatable bonds is 7. The van der Waals surface area contributed by atoms with Crippen molar-refractivity contribution in [3.63, 3.8) is 0 Å². The quantitative estimate of drug-likeness (QED) is 0.304. The molecule has 0 saturated carbocycles. The molecular weight excluding hydrogens is 467 g/mol. The first-order valence-electron chi connectivity index (χ1n) is 8.17. The fourth-order valence-corrected chi connectivity index (χ4v) is 3.93. The molecule has 1 atom stereocenters. The lowest BCUT2D eigenvalue weighted by molar-refractivity contribution is 0.179. The minimum absolute atomic E-state index is 0. The highest BCUT2D eigenvalue weighted by atomic mass is 127. The van der Waals surface area contributed by atoms with Crippen molar-refractivity contribution in [1.82, 2.24) is 15.4 Å². The molecule has 0 fully saturated rings. The molecule has 0 aliphatic rings. The van der Waals surface area contributed by atoms with E-state index in [0.29, 0.717) is 24.7 Å². The number of nitrogens with zero attached hydrogens (tertiary/aromatic N) is 1. The molecule has 1 aromatic rings. The summed E-state index contributed by atoms with van der Waals surface area (Å²) in [5, 5.41) is 6.32. The summed E-state index contributed by atoms with van der Waals surface area (Å²) in [5.41, 5.74) is 0.119. The molecule has 0 amide bonds. The maximum absolute atomic E-state index is 12.6. The number of ether oxygens (including phenoxy) is 1. The predicted molar refractivity (Wildman–Crippen MR) is 117 cm³/mol. The van der Waals surface area contributed by atoms with E-state index in [1.807, 2.05) is 33.8 Å². The van der Waals surface area contributed by atoms with Gasteiger partial charge >= 0.3 is 0 Å². The number of sulfonamides is 1. The number of benzene rings is 1. The summed E-state index contributed by atoms with van der Waals surface area (Å²) in [7, 11) is -0.303. The van der Waals surface area contributed by atoms with Crippen LogP contribution in [-0.2, 0) is 21.3 Å². The van der Waals surface area contributed by atoms with E-state index < -0.39 is 15.6 Å². The van der Waals surface area contributed by atoms with Crippen LogP contribution in [0.2, 0.25) is 0 Å². The van der Waals surface area contributed by atoms with E-state index in [9.17, 15) is 8.42 Å². The highest BCUT2D eigenvalue weighted by Gasteiger charge is 2.24. The van der Waals surface area contributed by atoms with Crippen LogP contribution in [0.15, 0.2) is 34.2 Å². The van der Waals surface area contributed by atoms with Crippen molar-refractivity contribution in [3.8, 4) is 0 Å². The number of nitrogens with one attached hydrogen (secondary N) is 3. The van der Waals surface area contributed by atoms with Crippen molar-refractivity contribution in [2.24, 2.45) is 4.99 Å². The first-order chi connectivity index (χ1) is 11.6. The highest BCUT2D eigenvalue weighted by molar-refractivity contribution is 14.0. The summed E-state index contributed by atoms with van der Waals surface area (Å²) in [5.74, 6) is 0.584. The zero-order valence-corrected chi connectivity index (χ0v) is 19.4. The Kier molecular flexibility index (Phi) is 10.7. The van der Waals surface area contributed by atoms with Gasteiger partial charge in [-0.3, -0.25) is 4.99 Å². The Hall–Kier alpha value is -0.910. The van der Waals surface area contributed by atoms with Gasteiger partial charge in [0, 0.05) is 32.3 Å². The number of aliphatic imine (C=N–C) groups is 1. The van der Waals surface area contributed by atoms with Gasteiger partial charge in [-0.2, -0.15) is 0 Å². The standard InChI is InChI=1S/C17H30N4O3S.HI/c1-13(12-24-6)20-16(18-5)19-11-14-9-7-8-10-15(14)25(22,23)21-17(2,3)4;/h7-10,13,21H,11-12H2,1-6H3,(H2,18,19,20);1H. The minimum Gasteiger partial charge on any atom is -0.383 e. The first kappa shape index (κ1) is 25.1. The Balaban J connectivity index is 0.00000625. The average Bonchev–Trinajstić information content (AvgIpc) is 2.49. The molecule has 3 N–H and O–H groups in total. The van der Waals surface area contributed by atoms with Gasteiger partial charge in [0.15, 0.2) is 5.96 Å². The van der Waals surface area contributed by atoms with Crippen molar-refractivity contribution < 1.29 is 13.2 Å². The summed E-state index contributed by atoms with van der Waals surface area (Å²) in [6, 6.07) is 7.01. The van der Waals surface area contributed by atoms with Gasteiger partial charge in [-0.25, -0.2) is 13.1 Å². The van der Waals surface area contributed by atoms with Crippen LogP contribution in [0.5, 0.6) is 0 Å². The fraction of sp³-hybridized carbons (Fsp3) is 0.588. The van der Waals surface area contributed by atoms with Gasteiger partial charge in [0.2, 0.25) is 10.0 Å². The highest BCUT2D eigenvalue weighted by Crippen LogP contribution is 2.17. The van der Waals surface area contributed by atoms with Gasteiger partial charge in [0.25, 0.3) is 0 Å². The van der Waals surface area contributed by atoms with Crippen LogP contribution < -0.4 is 15.4 Å². The molecular formula is C17H31IN4O3S. The van der Waals surface area contributed by atoms with Gasteiger partial charge < -0.3 is 15.4 Å². The smallest absolute Gasteiger partial charge is 0.241 e. The van der Waals surface area contributed by atoms with Crippen molar-refractivity contribution in [2.75, 3.05) is 20.8 Å². The molecule has 7 nitrogen and oxygen atoms in total. The maximum Gasteiger partial charge on any atom is 0.241 e. The fourth-order valence-electron chi connectivity index (χ4n) is 2.27. The number of halogens is 1. The van der Waals surface area contributed by atoms with Crippen molar-refractivity contribution in [2.45, 2.75) is 50.7 Å². The zero-order chi connectivity index (χ0) is 19.1. The summed E-state index contributed by atoms with van der Waals surface area (Å²) >= 11 is 0. The van der Waals surface area contributed by atoms with Crippen molar-refractivity contribution in [1.29, 1.82) is 0 Å². The van der Waals surface area contributed by atoms with Gasteiger partial charge in [-0.15, -0.1) is 24.0 Å². The molecule has 0 aromatic heterocycles. The lowest BCUT2D eigenvalue weighted by atomic mass is 10.1. The van der Waals surface area contributed by atoms with E-state index in [-0.39, 0.29) is 34.9 Å². The molecule has 1 unspecified atom stereocenters. The minimum atomic E-state index is -3.61. The van der Waals surface area contributed by atoms with Crippen LogP contribution >= 0.6 is 24.0 Å². The molecule has 0 aliphatic heterocycles. The van der Waals surface area contributed by atoms with Gasteiger partial charge in [0.1, 0.15) is 0 Å². The van der Waals surface area contributed by atoms with E-state index in [0.717, 1.165) is 0 Å². The van der Waals surface area contributed by atoms with Crippen molar-refractivity contribution in [3.05, 3.63) is 29.8 Å². The average molecular weight is 498 g/mol. The van der Waals surface area contributed by atoms with E-state index >= 15 is 0 Å². The third-order valence-corrected chi connectivity index (χ3v) is 5.03. The van der Waals surface area contributed by atoms with Gasteiger partial charge in [0.05, 0.1) is 11.5 Å². The lowest BCUT2D eigenvalue weighted by Gasteiger charge is -2.22. The SMILES string of the molecule is CN=C(NCc1ccccc1S(=O)(=O)NC(C)(C)C)NC(C)COC.I. The number of hydrogen-bond donors (Lipinski definition) is 3. The lowest BCUT2D eigenvalue weighted by Crippen LogP contribution is -2.44. The predicted octanol–water partition coefficient (Wildman–Crippen LogP) is 2.08. The summed E-state index contributed by atoms with van der Waals surface area (Å²) in [6.45, 7) is 8.29. The van der Waals surface area contributed by atoms with Crippen LogP contribution in [0.3, 0.4) is 0 Å². The van der Waals surface area contributed by atoms with Crippen LogP contribution in [0.1, 0.15) is 33.3 Å². The number of guanidine groups is 1. The Morgan fingerprint density at radius 3 is 2.42 bits per heavy atom. The third-order valence-electron chi connectivity index (χ3n) is 3.17. The van der Waals surface area contributed by atoms with Gasteiger partial charge in [-0.1, -0.05) is 18.2 Å². The molecule has 1 rings (SSSR count). The molecule has 0 radical (unpaired) electrons. The summed E-state index contributed by atoms with van der Waals surface area (Å²) < 4.78 is 33.1. The monoisotopic (exact) mass is 498 g/mol. The normalized spacial score (nSPS) is 13.7. The topological polar surface area (TPSA) is 91.8 Å². The Morgan fingerprint density at radius 2 is 1.88 bits per heavy atom. The molecule has 26 heavy (non-hydrogen) atoms. The van der Waals surface area contributed by atoms with Crippen LogP contribution in [-0.4, -0.2) is 46.7 Å². The zero-order valence-electron chi connectivity index (χ0n) is 16.3. The molecule has 150 valence electrons. The number of methoxy groups -OCH3 is 1. The maximum atomic E-state index is 12.6. The van der Waals surface area contributed by atoms with E-state index in [2.05, 4.69) is 20.3 Å². The van der Waals surface area contributed by atoms with Crippen molar-refractivity contribution >= 4 is 40.0 Å². The van der Waals surface area contributed by atoms with Crippen LogP contribution in [0.4, 0.5) is 0 Å². The van der Waals surface area contributed by atoms with E-state index in [1.165, 1.54) is 0 Å². The molecule has 0 heterocycles. The Morgan fingerprint density at radius 1 is 1.27 bits per heavy atom. The van der Waals surface area contributed by atoms with Gasteiger partial charge in [-0.05, 0) is 39.3 Å². The molecule has 0 aliphatic carbocycles. The molecule has 0 saturated heterocycles. The summed E-state index contributed by atoms with van der Waals surface area (Å²) in [6.07, 6.45) is 0. The van der Waals surface area contributed by atoms with E-state index in [4.69, 9.17) is 4.74 Å². The number of hydrogen-bond acceptors (Lipinski definition) is 4. The first-order valence-corrected chi connectivity index (χ1v) is 9.65. The molecule has 9 heteroatoms. The van der Waals surface area contributed by atoms with Crippen LogP contribution in [0.25, 0.3) is 0 Å². The molecule has 0 spiro atoms. The molecule has 1 aromatic carbocycles.